The maximum Gasteiger partial charge on any atom is 0.319 e. The predicted molar refractivity (Wildman–Crippen MR) is 48.5 cm³/mol. The first-order valence-electron chi connectivity index (χ1n) is 3.83. The van der Waals surface area contributed by atoms with Gasteiger partial charge in [-0.2, -0.15) is 0 Å². The average molecular weight is 207 g/mol. The van der Waals surface area contributed by atoms with E-state index in [2.05, 4.69) is 0 Å². The summed E-state index contributed by atoms with van der Waals surface area (Å²) in [6.45, 7) is 2.94. The zero-order valence-corrected chi connectivity index (χ0v) is 8.34. The van der Waals surface area contributed by atoms with Gasteiger partial charge in [0.05, 0.1) is 0 Å². The third kappa shape index (κ3) is 3.14. The van der Waals surface area contributed by atoms with Crippen LogP contribution in [-0.2, 0) is 20.4 Å². The molecule has 6 heteroatoms. The monoisotopic (exact) mass is 207 g/mol. The van der Waals surface area contributed by atoms with Crippen LogP contribution in [-0.4, -0.2) is 31.7 Å². The molecule has 76 valence electrons. The second-order valence-corrected chi connectivity index (χ2v) is 4.54. The van der Waals surface area contributed by atoms with Crippen molar-refractivity contribution in [3.63, 3.8) is 0 Å². The van der Waals surface area contributed by atoms with E-state index in [9.17, 15) is 13.8 Å². The van der Waals surface area contributed by atoms with E-state index >= 15 is 0 Å². The van der Waals surface area contributed by atoms with Crippen molar-refractivity contribution < 1.29 is 18.9 Å². The number of aliphatic carboxylic acids is 1. The minimum Gasteiger partial charge on any atom is -0.480 e. The van der Waals surface area contributed by atoms with Gasteiger partial charge in [-0.25, -0.2) is 0 Å². The molecule has 0 aliphatic carbocycles. The van der Waals surface area contributed by atoms with Crippen molar-refractivity contribution >= 4 is 22.7 Å². The summed E-state index contributed by atoms with van der Waals surface area (Å²) in [6.07, 6.45) is 0.291. The fourth-order valence-corrected chi connectivity index (χ4v) is 2.07. The van der Waals surface area contributed by atoms with E-state index in [-0.39, 0.29) is 0 Å². The van der Waals surface area contributed by atoms with E-state index in [1.807, 2.05) is 0 Å². The number of hydrogen-bond donors (Lipinski definition) is 2. The first kappa shape index (κ1) is 12.1. The summed E-state index contributed by atoms with van der Waals surface area (Å²) in [5.41, 5.74) is 4.96. The number of amides is 1. The van der Waals surface area contributed by atoms with Crippen LogP contribution in [0.2, 0.25) is 0 Å². The van der Waals surface area contributed by atoms with Crippen molar-refractivity contribution in [2.75, 3.05) is 0 Å². The minimum absolute atomic E-state index is 0.291. The first-order valence-corrected chi connectivity index (χ1v) is 5.10. The smallest absolute Gasteiger partial charge is 0.319 e. The number of nitrogens with two attached hydrogens (primary N) is 1. The fourth-order valence-electron chi connectivity index (χ4n) is 0.826. The number of primary amides is 1. The minimum atomic E-state index is -1.74. The molecule has 0 heterocycles. The summed E-state index contributed by atoms with van der Waals surface area (Å²) in [6, 6.07) is 0. The Labute approximate surface area is 78.8 Å². The summed E-state index contributed by atoms with van der Waals surface area (Å²) in [5.74, 6) is -1.90. The molecule has 3 atom stereocenters. The van der Waals surface area contributed by atoms with Gasteiger partial charge in [0.25, 0.3) is 0 Å². The average Bonchev–Trinajstić information content (AvgIpc) is 2.03. The normalized spacial score (nSPS) is 17.4. The highest BCUT2D eigenvalue weighted by molar-refractivity contribution is 7.87. The van der Waals surface area contributed by atoms with Crippen molar-refractivity contribution in [1.82, 2.24) is 0 Å². The van der Waals surface area contributed by atoms with Crippen molar-refractivity contribution in [1.29, 1.82) is 0 Å². The molecule has 3 unspecified atom stereocenters. The molecule has 1 amide bonds. The lowest BCUT2D eigenvalue weighted by Gasteiger charge is -2.13. The Morgan fingerprint density at radius 2 is 2.00 bits per heavy atom. The van der Waals surface area contributed by atoms with Crippen LogP contribution in [0.1, 0.15) is 20.3 Å². The SMILES string of the molecule is CCC(C(N)=O)S(=O)C(C)C(=O)O. The Kier molecular flexibility index (Phi) is 4.61. The summed E-state index contributed by atoms with van der Waals surface area (Å²) < 4.78 is 11.4. The predicted octanol–water partition coefficient (Wildman–Crippen LogP) is -0.528. The number of carboxylic acids is 1. The highest BCUT2D eigenvalue weighted by Gasteiger charge is 2.29. The van der Waals surface area contributed by atoms with Gasteiger partial charge in [0.1, 0.15) is 10.5 Å². The lowest BCUT2D eigenvalue weighted by molar-refractivity contribution is -0.136. The lowest BCUT2D eigenvalue weighted by atomic mass is 10.3. The van der Waals surface area contributed by atoms with Crippen molar-refractivity contribution in [2.45, 2.75) is 30.8 Å². The van der Waals surface area contributed by atoms with Crippen molar-refractivity contribution in [2.24, 2.45) is 5.73 Å². The molecule has 0 aromatic heterocycles. The van der Waals surface area contributed by atoms with Crippen LogP contribution in [0.15, 0.2) is 0 Å². The van der Waals surface area contributed by atoms with E-state index in [1.165, 1.54) is 6.92 Å². The molecule has 3 N–H and O–H groups in total. The molecule has 0 saturated carbocycles. The van der Waals surface area contributed by atoms with Gasteiger partial charge >= 0.3 is 5.97 Å². The summed E-state index contributed by atoms with van der Waals surface area (Å²) in [4.78, 5) is 21.2. The zero-order valence-electron chi connectivity index (χ0n) is 7.52. The Balaban J connectivity index is 4.55. The summed E-state index contributed by atoms with van der Waals surface area (Å²) in [7, 11) is -1.74. The molecule has 0 saturated heterocycles. The number of carbonyl (C=O) groups is 2. The molecule has 13 heavy (non-hydrogen) atoms. The summed E-state index contributed by atoms with van der Waals surface area (Å²) >= 11 is 0. The van der Waals surface area contributed by atoms with Crippen LogP contribution in [0.5, 0.6) is 0 Å². The van der Waals surface area contributed by atoms with Crippen molar-refractivity contribution in [3.8, 4) is 0 Å². The second-order valence-electron chi connectivity index (χ2n) is 2.61. The molecule has 0 bridgehead atoms. The van der Waals surface area contributed by atoms with Gasteiger partial charge in [0, 0.05) is 10.8 Å². The molecule has 0 fully saturated rings. The van der Waals surface area contributed by atoms with E-state index < -0.39 is 33.2 Å². The molecule has 0 aliphatic rings. The van der Waals surface area contributed by atoms with Gasteiger partial charge in [0.15, 0.2) is 0 Å². The molecule has 0 aromatic rings. The lowest BCUT2D eigenvalue weighted by Crippen LogP contribution is -2.38. The van der Waals surface area contributed by atoms with Crippen LogP contribution in [0.4, 0.5) is 0 Å². The molecular weight excluding hydrogens is 194 g/mol. The number of hydrogen-bond acceptors (Lipinski definition) is 3. The quantitative estimate of drug-likeness (QED) is 0.633. The second kappa shape index (κ2) is 4.96. The van der Waals surface area contributed by atoms with Gasteiger partial charge in [-0.3, -0.25) is 13.8 Å². The number of rotatable bonds is 5. The maximum atomic E-state index is 11.4. The zero-order chi connectivity index (χ0) is 10.6. The Morgan fingerprint density at radius 3 is 2.23 bits per heavy atom. The van der Waals surface area contributed by atoms with Crippen LogP contribution >= 0.6 is 0 Å². The van der Waals surface area contributed by atoms with Gasteiger partial charge in [-0.1, -0.05) is 6.92 Å². The van der Waals surface area contributed by atoms with Crippen LogP contribution < -0.4 is 5.73 Å². The Bertz CT molecular complexity index is 241. The number of carboxylic acid groups (broad SMARTS) is 1. The molecule has 5 nitrogen and oxygen atoms in total. The molecular formula is C7H13NO4S. The largest absolute Gasteiger partial charge is 0.480 e. The highest BCUT2D eigenvalue weighted by Crippen LogP contribution is 2.07. The van der Waals surface area contributed by atoms with E-state index in [0.717, 1.165) is 0 Å². The van der Waals surface area contributed by atoms with E-state index in [1.54, 1.807) is 6.92 Å². The van der Waals surface area contributed by atoms with Crippen LogP contribution in [0, 0.1) is 0 Å². The van der Waals surface area contributed by atoms with Gasteiger partial charge in [-0.05, 0) is 13.3 Å². The Morgan fingerprint density at radius 1 is 1.54 bits per heavy atom. The molecule has 0 aliphatic heterocycles. The maximum absolute atomic E-state index is 11.4. The first-order chi connectivity index (χ1) is 5.91. The van der Waals surface area contributed by atoms with Gasteiger partial charge < -0.3 is 10.8 Å². The van der Waals surface area contributed by atoms with Crippen LogP contribution in [0.25, 0.3) is 0 Å². The molecule has 0 spiro atoms. The number of carbonyl (C=O) groups excluding carboxylic acids is 1. The van der Waals surface area contributed by atoms with Gasteiger partial charge in [0.2, 0.25) is 5.91 Å². The highest BCUT2D eigenvalue weighted by atomic mass is 32.2. The third-order valence-corrected chi connectivity index (χ3v) is 3.69. The van der Waals surface area contributed by atoms with E-state index in [4.69, 9.17) is 10.8 Å². The molecule has 0 radical (unpaired) electrons. The van der Waals surface area contributed by atoms with Gasteiger partial charge in [-0.15, -0.1) is 0 Å². The third-order valence-electron chi connectivity index (χ3n) is 1.66. The fraction of sp³-hybridized carbons (Fsp3) is 0.714. The molecule has 0 rings (SSSR count). The molecule has 0 aromatic carbocycles. The van der Waals surface area contributed by atoms with E-state index in [0.29, 0.717) is 6.42 Å². The van der Waals surface area contributed by atoms with Crippen LogP contribution in [0.3, 0.4) is 0 Å². The van der Waals surface area contributed by atoms with Crippen molar-refractivity contribution in [3.05, 3.63) is 0 Å². The Hall–Kier alpha value is -0.910. The topological polar surface area (TPSA) is 97.5 Å². The summed E-state index contributed by atoms with van der Waals surface area (Å²) in [5, 5.41) is 6.61. The standard InChI is InChI=1S/C7H13NO4S/c1-3-5(6(8)9)13(12)4(2)7(10)11/h4-5H,3H2,1-2H3,(H2,8,9)(H,10,11).